The molecular weight excluding hydrogens is 468 g/mol. The molecule has 2 fully saturated rings. The van der Waals surface area contributed by atoms with Crippen LogP contribution in [0.15, 0.2) is 0 Å². The molecular formula is C18H36N2O14. The van der Waals surface area contributed by atoms with E-state index in [1.54, 1.807) is 0 Å². The molecule has 2 rings (SSSR count). The van der Waals surface area contributed by atoms with Crippen molar-refractivity contribution in [2.24, 2.45) is 11.5 Å². The van der Waals surface area contributed by atoms with E-state index in [0.717, 1.165) is 0 Å². The Morgan fingerprint density at radius 2 is 1.32 bits per heavy atom. The van der Waals surface area contributed by atoms with Crippen LogP contribution in [0.3, 0.4) is 0 Å². The Morgan fingerprint density at radius 1 is 0.765 bits per heavy atom. The average molecular weight is 504 g/mol. The quantitative estimate of drug-likeness (QED) is 0.124. The topological polar surface area (TPSA) is 291 Å². The Hall–Kier alpha value is -0.640. The largest absolute Gasteiger partial charge is 0.395 e. The van der Waals surface area contributed by atoms with Crippen molar-refractivity contribution < 1.29 is 70.0 Å². The third kappa shape index (κ3) is 6.37. The molecule has 34 heavy (non-hydrogen) atoms. The Morgan fingerprint density at radius 3 is 1.85 bits per heavy atom. The van der Waals surface area contributed by atoms with Gasteiger partial charge in [0.15, 0.2) is 12.6 Å². The van der Waals surface area contributed by atoms with E-state index in [4.69, 9.17) is 30.4 Å². The van der Waals surface area contributed by atoms with Crippen molar-refractivity contribution in [2.75, 3.05) is 26.4 Å². The van der Waals surface area contributed by atoms with E-state index in [1.807, 2.05) is 0 Å². The third-order valence-corrected chi connectivity index (χ3v) is 5.89. The van der Waals surface area contributed by atoms with Gasteiger partial charge in [0.05, 0.1) is 38.5 Å². The lowest BCUT2D eigenvalue weighted by Gasteiger charge is -2.47. The molecule has 0 saturated carbocycles. The highest BCUT2D eigenvalue weighted by molar-refractivity contribution is 4.96. The van der Waals surface area contributed by atoms with Gasteiger partial charge >= 0.3 is 0 Å². The summed E-state index contributed by atoms with van der Waals surface area (Å²) in [6.45, 7) is -3.12. The molecule has 0 amide bonds. The van der Waals surface area contributed by atoms with Gasteiger partial charge in [0, 0.05) is 0 Å². The first kappa shape index (κ1) is 29.6. The Bertz CT molecular complexity index is 605. The molecule has 0 spiro atoms. The molecule has 2 heterocycles. The van der Waals surface area contributed by atoms with Crippen molar-refractivity contribution in [1.82, 2.24) is 0 Å². The maximum Gasteiger partial charge on any atom is 0.187 e. The van der Waals surface area contributed by atoms with Crippen LogP contribution in [-0.4, -0.2) is 163 Å². The smallest absolute Gasteiger partial charge is 0.187 e. The lowest BCUT2D eigenvalue weighted by molar-refractivity contribution is -0.357. The highest BCUT2D eigenvalue weighted by atomic mass is 16.7. The van der Waals surface area contributed by atoms with Crippen LogP contribution in [0.1, 0.15) is 0 Å². The van der Waals surface area contributed by atoms with E-state index in [1.165, 1.54) is 0 Å². The molecule has 0 aliphatic carbocycles. The predicted molar refractivity (Wildman–Crippen MR) is 107 cm³/mol. The second kappa shape index (κ2) is 13.1. The van der Waals surface area contributed by atoms with E-state index >= 15 is 0 Å². The zero-order valence-electron chi connectivity index (χ0n) is 18.2. The summed E-state index contributed by atoms with van der Waals surface area (Å²) in [5.74, 6) is 0. The molecule has 16 heteroatoms. The van der Waals surface area contributed by atoms with Crippen molar-refractivity contribution >= 4 is 0 Å². The van der Waals surface area contributed by atoms with Gasteiger partial charge in [-0.3, -0.25) is 0 Å². The molecule has 2 aliphatic rings. The summed E-state index contributed by atoms with van der Waals surface area (Å²) in [5.41, 5.74) is 11.4. The molecule has 2 aliphatic heterocycles. The van der Waals surface area contributed by atoms with E-state index in [9.17, 15) is 51.1 Å². The molecule has 14 N–H and O–H groups in total. The van der Waals surface area contributed by atoms with Gasteiger partial charge in [0.1, 0.15) is 61.0 Å². The molecule has 14 atom stereocenters. The van der Waals surface area contributed by atoms with E-state index in [2.05, 4.69) is 0 Å². The SMILES string of the molecule is N[C@H]1[C@@H](O[C@H]2[C@@H](O)[C@@H](CO)O[C@@H](O[C@@H]([C@H](O)[C@@H](N)CO)[C@H](O)CO)[C@@H]2O)O[C@H](CO)[C@H](O)[C@@H]1O. The van der Waals surface area contributed by atoms with Crippen LogP contribution in [0.2, 0.25) is 0 Å². The monoisotopic (exact) mass is 504 g/mol. The standard InChI is InChI=1S/C18H36N2O14/c19-5(1-21)10(26)15(6(25)2-22)33-18-14(30)16(12(28)8(4-24)32-18)34-17-9(20)13(29)11(27)7(3-23)31-17/h5-18,21-30H,1-4,19-20H2/t5-,6+,7+,8+,9+,10+,11-,12-,13+,14+,15+,16-,17+,18-/m0/s1. The van der Waals surface area contributed by atoms with Crippen LogP contribution in [0.4, 0.5) is 0 Å². The first-order valence-corrected chi connectivity index (χ1v) is 10.7. The summed E-state index contributed by atoms with van der Waals surface area (Å²) in [4.78, 5) is 0. The Labute approximate surface area is 194 Å². The Kier molecular flexibility index (Phi) is 11.4. The zero-order valence-corrected chi connectivity index (χ0v) is 18.2. The summed E-state index contributed by atoms with van der Waals surface area (Å²) < 4.78 is 21.6. The number of nitrogens with two attached hydrogens (primary N) is 2. The van der Waals surface area contributed by atoms with Crippen molar-refractivity contribution in [1.29, 1.82) is 0 Å². The van der Waals surface area contributed by atoms with Crippen LogP contribution in [-0.2, 0) is 18.9 Å². The second-order valence-corrected chi connectivity index (χ2v) is 8.28. The minimum Gasteiger partial charge on any atom is -0.395 e. The average Bonchev–Trinajstić information content (AvgIpc) is 2.84. The minimum absolute atomic E-state index is 0.710. The normalized spacial score (nSPS) is 42.7. The molecule has 16 nitrogen and oxygen atoms in total. The molecule has 0 aromatic rings. The molecule has 2 saturated heterocycles. The number of rotatable bonds is 11. The van der Waals surface area contributed by atoms with E-state index in [0.29, 0.717) is 0 Å². The fourth-order valence-electron chi connectivity index (χ4n) is 3.72. The van der Waals surface area contributed by atoms with Crippen LogP contribution in [0.5, 0.6) is 0 Å². The molecule has 0 radical (unpaired) electrons. The van der Waals surface area contributed by atoms with Crippen molar-refractivity contribution in [2.45, 2.75) is 85.7 Å². The van der Waals surface area contributed by atoms with Gasteiger partial charge < -0.3 is 81.5 Å². The molecule has 202 valence electrons. The molecule has 0 unspecified atom stereocenters. The summed E-state index contributed by atoms with van der Waals surface area (Å²) in [6, 6.07) is -2.68. The lowest BCUT2D eigenvalue weighted by atomic mass is 9.96. The van der Waals surface area contributed by atoms with Crippen LogP contribution in [0, 0.1) is 0 Å². The highest BCUT2D eigenvalue weighted by Crippen LogP contribution is 2.30. The van der Waals surface area contributed by atoms with Crippen LogP contribution < -0.4 is 11.5 Å². The number of hydrogen-bond acceptors (Lipinski definition) is 16. The third-order valence-electron chi connectivity index (χ3n) is 5.89. The van der Waals surface area contributed by atoms with Crippen LogP contribution >= 0.6 is 0 Å². The predicted octanol–water partition coefficient (Wildman–Crippen LogP) is -8.00. The fraction of sp³-hybridized carbons (Fsp3) is 1.00. The fourth-order valence-corrected chi connectivity index (χ4v) is 3.72. The van der Waals surface area contributed by atoms with Gasteiger partial charge in [0.25, 0.3) is 0 Å². The van der Waals surface area contributed by atoms with Crippen molar-refractivity contribution in [3.8, 4) is 0 Å². The number of hydrogen-bond donors (Lipinski definition) is 12. The maximum atomic E-state index is 10.8. The second-order valence-electron chi connectivity index (χ2n) is 8.28. The van der Waals surface area contributed by atoms with E-state index in [-0.39, 0.29) is 0 Å². The number of aliphatic hydroxyl groups excluding tert-OH is 10. The summed E-state index contributed by atoms with van der Waals surface area (Å²) in [7, 11) is 0. The number of ether oxygens (including phenoxy) is 4. The summed E-state index contributed by atoms with van der Waals surface area (Å²) >= 11 is 0. The maximum absolute atomic E-state index is 10.8. The summed E-state index contributed by atoms with van der Waals surface area (Å²) in [5, 5.41) is 99.0. The van der Waals surface area contributed by atoms with Crippen molar-refractivity contribution in [3.63, 3.8) is 0 Å². The van der Waals surface area contributed by atoms with Gasteiger partial charge in [-0.1, -0.05) is 0 Å². The van der Waals surface area contributed by atoms with Gasteiger partial charge in [-0.2, -0.15) is 0 Å². The molecule has 0 aromatic heterocycles. The van der Waals surface area contributed by atoms with Crippen LogP contribution in [0.25, 0.3) is 0 Å². The van der Waals surface area contributed by atoms with Gasteiger partial charge in [-0.05, 0) is 0 Å². The van der Waals surface area contributed by atoms with Gasteiger partial charge in [-0.15, -0.1) is 0 Å². The lowest BCUT2D eigenvalue weighted by Crippen LogP contribution is -2.67. The van der Waals surface area contributed by atoms with Gasteiger partial charge in [-0.25, -0.2) is 0 Å². The first-order valence-electron chi connectivity index (χ1n) is 10.7. The molecule has 0 aromatic carbocycles. The highest BCUT2D eigenvalue weighted by Gasteiger charge is 2.51. The molecule has 0 bridgehead atoms. The minimum atomic E-state index is -1.88. The summed E-state index contributed by atoms with van der Waals surface area (Å²) in [6.07, 6.45) is -19.6. The van der Waals surface area contributed by atoms with Crippen molar-refractivity contribution in [3.05, 3.63) is 0 Å². The first-order chi connectivity index (χ1) is 16.0. The number of aliphatic hydroxyl groups is 10. The zero-order chi connectivity index (χ0) is 25.7. The van der Waals surface area contributed by atoms with Gasteiger partial charge in [0.2, 0.25) is 0 Å². The Balaban J connectivity index is 2.24. The van der Waals surface area contributed by atoms with E-state index < -0.39 is 112 Å².